The van der Waals surface area contributed by atoms with Crippen LogP contribution in [0.1, 0.15) is 18.9 Å². The molecule has 1 aromatic carbocycles. The number of nitrogens with zero attached hydrogens (tertiary/aromatic N) is 1. The van der Waals surface area contributed by atoms with Crippen molar-refractivity contribution >= 4 is 21.6 Å². The van der Waals surface area contributed by atoms with Crippen LogP contribution >= 0.6 is 15.9 Å². The van der Waals surface area contributed by atoms with Crippen LogP contribution in [-0.2, 0) is 6.54 Å². The quantitative estimate of drug-likeness (QED) is 0.899. The Morgan fingerprint density at radius 2 is 2.29 bits per heavy atom. The van der Waals surface area contributed by atoms with Crippen molar-refractivity contribution in [2.24, 2.45) is 11.7 Å². The second kappa shape index (κ2) is 5.38. The van der Waals surface area contributed by atoms with E-state index in [0.717, 1.165) is 23.0 Å². The molecule has 0 bridgehead atoms. The lowest BCUT2D eigenvalue weighted by molar-refractivity contribution is 0.244. The molecule has 3 nitrogen and oxygen atoms in total. The molecule has 0 amide bonds. The van der Waals surface area contributed by atoms with Gasteiger partial charge in [0, 0.05) is 23.2 Å². The highest BCUT2D eigenvalue weighted by Crippen LogP contribution is 2.33. The average molecular weight is 299 g/mol. The third-order valence-electron chi connectivity index (χ3n) is 3.64. The fraction of sp³-hybridized carbons (Fsp3) is 0.538. The fourth-order valence-electron chi connectivity index (χ4n) is 2.58. The molecular weight excluding hydrogens is 280 g/mol. The van der Waals surface area contributed by atoms with Gasteiger partial charge in [-0.15, -0.1) is 0 Å². The summed E-state index contributed by atoms with van der Waals surface area (Å²) in [6.45, 7) is 3.93. The van der Waals surface area contributed by atoms with E-state index >= 15 is 0 Å². The Balaban J connectivity index is 2.33. The van der Waals surface area contributed by atoms with Gasteiger partial charge in [0.15, 0.2) is 0 Å². The van der Waals surface area contributed by atoms with Crippen LogP contribution in [0.5, 0.6) is 0 Å². The summed E-state index contributed by atoms with van der Waals surface area (Å²) in [5.41, 5.74) is 8.10. The molecule has 0 saturated carbocycles. The van der Waals surface area contributed by atoms with Crippen molar-refractivity contribution in [3.63, 3.8) is 0 Å². The molecule has 2 rings (SSSR count). The lowest BCUT2D eigenvalue weighted by atomic mass is 10.0. The standard InChI is InChI=1S/C13H19BrN2O/c1-9-4-5-16(13(9)8-17)12-3-2-11(14)6-10(12)7-15/h2-3,6,9,13,17H,4-5,7-8,15H2,1H3. The maximum Gasteiger partial charge on any atom is 0.0637 e. The number of anilines is 1. The smallest absolute Gasteiger partial charge is 0.0637 e. The molecule has 0 spiro atoms. The highest BCUT2D eigenvalue weighted by atomic mass is 79.9. The van der Waals surface area contributed by atoms with E-state index in [1.54, 1.807) is 0 Å². The molecule has 1 aromatic rings. The second-order valence-corrected chi connectivity index (χ2v) is 5.60. The molecule has 3 N–H and O–H groups in total. The summed E-state index contributed by atoms with van der Waals surface area (Å²) in [6, 6.07) is 6.41. The first-order chi connectivity index (χ1) is 8.17. The molecule has 1 aliphatic rings. The van der Waals surface area contributed by atoms with Crippen LogP contribution < -0.4 is 10.6 Å². The first-order valence-electron chi connectivity index (χ1n) is 6.03. The molecule has 2 unspecified atom stereocenters. The largest absolute Gasteiger partial charge is 0.394 e. The molecule has 0 radical (unpaired) electrons. The SMILES string of the molecule is CC1CCN(c2ccc(Br)cc2CN)C1CO. The number of rotatable bonds is 3. The minimum atomic E-state index is 0.210. The number of nitrogens with two attached hydrogens (primary N) is 1. The molecule has 1 heterocycles. The first-order valence-corrected chi connectivity index (χ1v) is 6.82. The number of hydrogen-bond acceptors (Lipinski definition) is 3. The highest BCUT2D eigenvalue weighted by molar-refractivity contribution is 9.10. The maximum atomic E-state index is 9.50. The summed E-state index contributed by atoms with van der Waals surface area (Å²) < 4.78 is 1.05. The summed E-state index contributed by atoms with van der Waals surface area (Å²) in [5.74, 6) is 0.536. The average Bonchev–Trinajstić information content (AvgIpc) is 2.70. The lowest BCUT2D eigenvalue weighted by Gasteiger charge is -2.29. The van der Waals surface area contributed by atoms with E-state index in [1.165, 1.54) is 5.69 Å². The van der Waals surface area contributed by atoms with Gasteiger partial charge in [0.1, 0.15) is 0 Å². The summed E-state index contributed by atoms with van der Waals surface area (Å²) >= 11 is 3.47. The molecule has 1 fully saturated rings. The summed E-state index contributed by atoms with van der Waals surface area (Å²) in [5, 5.41) is 9.50. The molecule has 17 heavy (non-hydrogen) atoms. The maximum absolute atomic E-state index is 9.50. The van der Waals surface area contributed by atoms with Crippen LogP contribution in [0.2, 0.25) is 0 Å². The third-order valence-corrected chi connectivity index (χ3v) is 4.13. The van der Waals surface area contributed by atoms with E-state index in [0.29, 0.717) is 12.5 Å². The van der Waals surface area contributed by atoms with Gasteiger partial charge in [-0.05, 0) is 36.1 Å². The number of aliphatic hydroxyl groups excluding tert-OH is 1. The van der Waals surface area contributed by atoms with E-state index in [4.69, 9.17) is 5.73 Å². The van der Waals surface area contributed by atoms with Gasteiger partial charge < -0.3 is 15.7 Å². The van der Waals surface area contributed by atoms with Crippen LogP contribution in [0.3, 0.4) is 0 Å². The number of hydrogen-bond donors (Lipinski definition) is 2. The molecule has 4 heteroatoms. The normalized spacial score (nSPS) is 24.4. The van der Waals surface area contributed by atoms with E-state index in [1.807, 2.05) is 6.07 Å². The van der Waals surface area contributed by atoms with Gasteiger partial charge in [0.05, 0.1) is 12.6 Å². The van der Waals surface area contributed by atoms with Crippen molar-refractivity contribution in [1.82, 2.24) is 0 Å². The molecule has 1 saturated heterocycles. The van der Waals surface area contributed by atoms with Gasteiger partial charge in [-0.1, -0.05) is 22.9 Å². The van der Waals surface area contributed by atoms with Crippen LogP contribution in [0, 0.1) is 5.92 Å². The molecule has 1 aliphatic heterocycles. The lowest BCUT2D eigenvalue weighted by Crippen LogP contribution is -2.35. The van der Waals surface area contributed by atoms with Gasteiger partial charge in [0.2, 0.25) is 0 Å². The highest BCUT2D eigenvalue weighted by Gasteiger charge is 2.31. The van der Waals surface area contributed by atoms with Gasteiger partial charge in [0.25, 0.3) is 0 Å². The van der Waals surface area contributed by atoms with Crippen LogP contribution in [0.4, 0.5) is 5.69 Å². The van der Waals surface area contributed by atoms with Crippen molar-refractivity contribution in [1.29, 1.82) is 0 Å². The van der Waals surface area contributed by atoms with Crippen LogP contribution in [-0.4, -0.2) is 24.3 Å². The number of aliphatic hydroxyl groups is 1. The Labute approximate surface area is 111 Å². The van der Waals surface area contributed by atoms with Gasteiger partial charge in [-0.25, -0.2) is 0 Å². The molecular formula is C13H19BrN2O. The first kappa shape index (κ1) is 12.9. The zero-order chi connectivity index (χ0) is 12.4. The predicted molar refractivity (Wildman–Crippen MR) is 74.0 cm³/mol. The predicted octanol–water partition coefficient (Wildman–Crippen LogP) is 2.11. The van der Waals surface area contributed by atoms with Crippen molar-refractivity contribution in [2.75, 3.05) is 18.1 Å². The fourth-order valence-corrected chi connectivity index (χ4v) is 2.99. The summed E-state index contributed by atoms with van der Waals surface area (Å²) in [6.07, 6.45) is 1.13. The van der Waals surface area contributed by atoms with Crippen molar-refractivity contribution < 1.29 is 5.11 Å². The van der Waals surface area contributed by atoms with Crippen LogP contribution in [0.25, 0.3) is 0 Å². The van der Waals surface area contributed by atoms with Crippen LogP contribution in [0.15, 0.2) is 22.7 Å². The van der Waals surface area contributed by atoms with Gasteiger partial charge in [-0.3, -0.25) is 0 Å². The van der Waals surface area contributed by atoms with E-state index in [9.17, 15) is 5.11 Å². The molecule has 0 aromatic heterocycles. The molecule has 0 aliphatic carbocycles. The van der Waals surface area contributed by atoms with Gasteiger partial charge in [-0.2, -0.15) is 0 Å². The Morgan fingerprint density at radius 3 is 2.94 bits per heavy atom. The minimum Gasteiger partial charge on any atom is -0.394 e. The monoisotopic (exact) mass is 298 g/mol. The van der Waals surface area contributed by atoms with E-state index in [2.05, 4.69) is 39.9 Å². The Bertz CT molecular complexity index is 397. The number of benzene rings is 1. The second-order valence-electron chi connectivity index (χ2n) is 4.69. The van der Waals surface area contributed by atoms with Gasteiger partial charge >= 0.3 is 0 Å². The van der Waals surface area contributed by atoms with Crippen molar-refractivity contribution in [3.8, 4) is 0 Å². The van der Waals surface area contributed by atoms with E-state index in [-0.39, 0.29) is 12.6 Å². The molecule has 2 atom stereocenters. The Hall–Kier alpha value is -0.580. The van der Waals surface area contributed by atoms with Crippen molar-refractivity contribution in [2.45, 2.75) is 25.9 Å². The van der Waals surface area contributed by atoms with Crippen molar-refractivity contribution in [3.05, 3.63) is 28.2 Å². The molecule has 94 valence electrons. The minimum absolute atomic E-state index is 0.210. The summed E-state index contributed by atoms with van der Waals surface area (Å²) in [7, 11) is 0. The zero-order valence-electron chi connectivity index (χ0n) is 10.1. The summed E-state index contributed by atoms with van der Waals surface area (Å²) in [4.78, 5) is 2.29. The topological polar surface area (TPSA) is 49.5 Å². The Kier molecular flexibility index (Phi) is 4.07. The number of halogens is 1. The third kappa shape index (κ3) is 2.49. The Morgan fingerprint density at radius 1 is 1.53 bits per heavy atom. The van der Waals surface area contributed by atoms with E-state index < -0.39 is 0 Å². The zero-order valence-corrected chi connectivity index (χ0v) is 11.7.